The standard InChI is InChI=1S/C11H14N4/c1-2-9-3-5-10(6-4-9)8-15-13-7-11(12)14-15/h3-7H,2,8H2,1H3,(H2,12,14). The van der Waals surface area contributed by atoms with Crippen LogP contribution in [0.2, 0.25) is 0 Å². The van der Waals surface area contributed by atoms with Crippen LogP contribution in [0.15, 0.2) is 30.5 Å². The number of hydrogen-bond donors (Lipinski definition) is 1. The summed E-state index contributed by atoms with van der Waals surface area (Å²) in [5, 5.41) is 8.07. The summed E-state index contributed by atoms with van der Waals surface area (Å²) >= 11 is 0. The largest absolute Gasteiger partial charge is 0.381 e. The second kappa shape index (κ2) is 4.13. The van der Waals surface area contributed by atoms with Crippen molar-refractivity contribution in [3.8, 4) is 0 Å². The SMILES string of the molecule is CCc1ccc(Cn2ncc(N)n2)cc1. The molecule has 0 aliphatic carbocycles. The third kappa shape index (κ3) is 2.34. The van der Waals surface area contributed by atoms with E-state index in [1.54, 1.807) is 11.0 Å². The van der Waals surface area contributed by atoms with Crippen LogP contribution in [0.4, 0.5) is 5.82 Å². The summed E-state index contributed by atoms with van der Waals surface area (Å²) in [5.74, 6) is 0.458. The molecule has 0 aliphatic heterocycles. The van der Waals surface area contributed by atoms with Gasteiger partial charge in [-0.15, -0.1) is 5.10 Å². The molecule has 1 aromatic carbocycles. The first kappa shape index (κ1) is 9.71. The molecule has 1 heterocycles. The molecule has 4 nitrogen and oxygen atoms in total. The maximum atomic E-state index is 5.48. The molecule has 2 rings (SSSR count). The van der Waals surface area contributed by atoms with Crippen molar-refractivity contribution in [3.63, 3.8) is 0 Å². The minimum Gasteiger partial charge on any atom is -0.381 e. The molecular weight excluding hydrogens is 188 g/mol. The first-order valence-electron chi connectivity index (χ1n) is 5.01. The zero-order valence-electron chi connectivity index (χ0n) is 8.72. The van der Waals surface area contributed by atoms with Crippen LogP contribution in [-0.2, 0) is 13.0 Å². The van der Waals surface area contributed by atoms with Crippen LogP contribution in [-0.4, -0.2) is 15.0 Å². The molecule has 2 N–H and O–H groups in total. The number of aromatic nitrogens is 3. The molecule has 4 heteroatoms. The molecule has 78 valence electrons. The molecule has 0 saturated carbocycles. The van der Waals surface area contributed by atoms with Gasteiger partial charge in [-0.2, -0.15) is 9.90 Å². The lowest BCUT2D eigenvalue weighted by Gasteiger charge is -2.01. The van der Waals surface area contributed by atoms with Crippen LogP contribution in [0.5, 0.6) is 0 Å². The number of hydrogen-bond acceptors (Lipinski definition) is 3. The van der Waals surface area contributed by atoms with Gasteiger partial charge in [0.25, 0.3) is 0 Å². The first-order chi connectivity index (χ1) is 7.28. The van der Waals surface area contributed by atoms with E-state index in [4.69, 9.17) is 5.73 Å². The van der Waals surface area contributed by atoms with Crippen molar-refractivity contribution in [1.29, 1.82) is 0 Å². The molecule has 0 unspecified atom stereocenters. The van der Waals surface area contributed by atoms with E-state index in [0.717, 1.165) is 6.42 Å². The van der Waals surface area contributed by atoms with Crippen molar-refractivity contribution in [2.75, 3.05) is 5.73 Å². The van der Waals surface area contributed by atoms with Gasteiger partial charge >= 0.3 is 0 Å². The van der Waals surface area contributed by atoms with E-state index >= 15 is 0 Å². The molecule has 0 radical (unpaired) electrons. The average molecular weight is 202 g/mol. The van der Waals surface area contributed by atoms with Gasteiger partial charge in [0, 0.05) is 0 Å². The Hall–Kier alpha value is -1.84. The van der Waals surface area contributed by atoms with Crippen LogP contribution < -0.4 is 5.73 Å². The molecule has 1 aromatic heterocycles. The monoisotopic (exact) mass is 202 g/mol. The Bertz CT molecular complexity index is 430. The fraction of sp³-hybridized carbons (Fsp3) is 0.273. The van der Waals surface area contributed by atoms with Gasteiger partial charge in [0.1, 0.15) is 0 Å². The van der Waals surface area contributed by atoms with Crippen LogP contribution in [0, 0.1) is 0 Å². The average Bonchev–Trinajstić information content (AvgIpc) is 2.65. The topological polar surface area (TPSA) is 56.7 Å². The van der Waals surface area contributed by atoms with Gasteiger partial charge in [0.15, 0.2) is 5.82 Å². The molecule has 0 spiro atoms. The summed E-state index contributed by atoms with van der Waals surface area (Å²) in [6.45, 7) is 2.81. The Morgan fingerprint density at radius 1 is 1.20 bits per heavy atom. The van der Waals surface area contributed by atoms with Crippen molar-refractivity contribution >= 4 is 5.82 Å². The molecule has 0 aliphatic rings. The second-order valence-electron chi connectivity index (χ2n) is 3.47. The molecule has 0 bridgehead atoms. The minimum atomic E-state index is 0.458. The number of nitrogen functional groups attached to an aromatic ring is 1. The van der Waals surface area contributed by atoms with Gasteiger partial charge in [-0.1, -0.05) is 31.2 Å². The predicted molar refractivity (Wildman–Crippen MR) is 59.4 cm³/mol. The number of anilines is 1. The highest BCUT2D eigenvalue weighted by Gasteiger charge is 1.98. The summed E-state index contributed by atoms with van der Waals surface area (Å²) in [4.78, 5) is 1.59. The summed E-state index contributed by atoms with van der Waals surface area (Å²) in [7, 11) is 0. The maximum Gasteiger partial charge on any atom is 0.165 e. The van der Waals surface area contributed by atoms with Crippen molar-refractivity contribution in [1.82, 2.24) is 15.0 Å². The highest BCUT2D eigenvalue weighted by molar-refractivity contribution is 5.23. The van der Waals surface area contributed by atoms with E-state index in [1.165, 1.54) is 11.1 Å². The van der Waals surface area contributed by atoms with Gasteiger partial charge in [-0.05, 0) is 17.5 Å². The summed E-state index contributed by atoms with van der Waals surface area (Å²) in [6, 6.07) is 8.45. The summed E-state index contributed by atoms with van der Waals surface area (Å²) in [6.07, 6.45) is 2.62. The van der Waals surface area contributed by atoms with Gasteiger partial charge in [-0.25, -0.2) is 0 Å². The highest BCUT2D eigenvalue weighted by Crippen LogP contribution is 2.06. The summed E-state index contributed by atoms with van der Waals surface area (Å²) in [5.41, 5.74) is 8.01. The Kier molecular flexibility index (Phi) is 2.67. The van der Waals surface area contributed by atoms with Crippen LogP contribution in [0.25, 0.3) is 0 Å². The van der Waals surface area contributed by atoms with Crippen LogP contribution in [0.1, 0.15) is 18.1 Å². The van der Waals surface area contributed by atoms with E-state index in [1.807, 2.05) is 0 Å². The Labute approximate surface area is 88.7 Å². The third-order valence-corrected chi connectivity index (χ3v) is 2.31. The van der Waals surface area contributed by atoms with Crippen LogP contribution >= 0.6 is 0 Å². The van der Waals surface area contributed by atoms with E-state index in [2.05, 4.69) is 41.4 Å². The maximum absolute atomic E-state index is 5.48. The fourth-order valence-corrected chi connectivity index (χ4v) is 1.43. The molecule has 2 aromatic rings. The van der Waals surface area contributed by atoms with Crippen molar-refractivity contribution in [2.24, 2.45) is 0 Å². The number of nitrogens with two attached hydrogens (primary N) is 1. The fourth-order valence-electron chi connectivity index (χ4n) is 1.43. The smallest absolute Gasteiger partial charge is 0.165 e. The number of rotatable bonds is 3. The molecular formula is C11H14N4. The van der Waals surface area contributed by atoms with E-state index in [9.17, 15) is 0 Å². The quantitative estimate of drug-likeness (QED) is 0.820. The highest BCUT2D eigenvalue weighted by atomic mass is 15.5. The van der Waals surface area contributed by atoms with Crippen molar-refractivity contribution < 1.29 is 0 Å². The van der Waals surface area contributed by atoms with Gasteiger partial charge in [-0.3, -0.25) is 0 Å². The van der Waals surface area contributed by atoms with E-state index in [-0.39, 0.29) is 0 Å². The van der Waals surface area contributed by atoms with E-state index < -0.39 is 0 Å². The van der Waals surface area contributed by atoms with Gasteiger partial charge in [0.05, 0.1) is 12.7 Å². The normalized spacial score (nSPS) is 10.5. The molecule has 0 fully saturated rings. The Morgan fingerprint density at radius 2 is 1.87 bits per heavy atom. The summed E-state index contributed by atoms with van der Waals surface area (Å²) < 4.78 is 0. The molecule has 0 atom stereocenters. The molecule has 0 amide bonds. The van der Waals surface area contributed by atoms with Gasteiger partial charge in [0.2, 0.25) is 0 Å². The zero-order chi connectivity index (χ0) is 10.7. The Morgan fingerprint density at radius 3 is 2.40 bits per heavy atom. The van der Waals surface area contributed by atoms with Crippen molar-refractivity contribution in [3.05, 3.63) is 41.6 Å². The minimum absolute atomic E-state index is 0.458. The third-order valence-electron chi connectivity index (χ3n) is 2.31. The number of benzene rings is 1. The zero-order valence-corrected chi connectivity index (χ0v) is 8.72. The number of nitrogens with zero attached hydrogens (tertiary/aromatic N) is 3. The Balaban J connectivity index is 2.11. The van der Waals surface area contributed by atoms with E-state index in [0.29, 0.717) is 12.4 Å². The second-order valence-corrected chi connectivity index (χ2v) is 3.47. The van der Waals surface area contributed by atoms with Crippen LogP contribution in [0.3, 0.4) is 0 Å². The van der Waals surface area contributed by atoms with Crippen molar-refractivity contribution in [2.45, 2.75) is 19.9 Å². The first-order valence-corrected chi connectivity index (χ1v) is 5.01. The molecule has 0 saturated heterocycles. The predicted octanol–water partition coefficient (Wildman–Crippen LogP) is 1.47. The number of aryl methyl sites for hydroxylation is 1. The lowest BCUT2D eigenvalue weighted by molar-refractivity contribution is 0.593. The van der Waals surface area contributed by atoms with Gasteiger partial charge < -0.3 is 5.73 Å². The molecule has 15 heavy (non-hydrogen) atoms. The lowest BCUT2D eigenvalue weighted by Crippen LogP contribution is -2.04. The lowest BCUT2D eigenvalue weighted by atomic mass is 10.1.